The predicted octanol–water partition coefficient (Wildman–Crippen LogP) is 4.74. The Balaban J connectivity index is 1.78. The number of hydrogen-bond donors (Lipinski definition) is 3. The molecule has 0 saturated carbocycles. The summed E-state index contributed by atoms with van der Waals surface area (Å²) in [7, 11) is 5.99. The third-order valence-electron chi connectivity index (χ3n) is 11.0. The second-order valence-electron chi connectivity index (χ2n) is 15.6. The summed E-state index contributed by atoms with van der Waals surface area (Å²) in [5.41, 5.74) is -0.277. The van der Waals surface area contributed by atoms with E-state index in [0.717, 1.165) is 17.0 Å². The van der Waals surface area contributed by atoms with E-state index >= 15 is 0 Å². The van der Waals surface area contributed by atoms with Crippen LogP contribution in [0.25, 0.3) is 0 Å². The van der Waals surface area contributed by atoms with Gasteiger partial charge in [-0.15, -0.1) is 11.3 Å². The van der Waals surface area contributed by atoms with Crippen LogP contribution in [0.3, 0.4) is 0 Å². The minimum Gasteiger partial charge on any atom is -0.453 e. The van der Waals surface area contributed by atoms with Crippen LogP contribution < -0.4 is 16.0 Å². The highest BCUT2D eigenvalue weighted by molar-refractivity contribution is 7.09. The lowest BCUT2D eigenvalue weighted by Crippen LogP contribution is -2.62. The number of hydrogen-bond acceptors (Lipinski definition) is 10. The second-order valence-corrected chi connectivity index (χ2v) is 16.6. The molecule has 5 amide bonds. The van der Waals surface area contributed by atoms with Crippen LogP contribution in [0.15, 0.2) is 41.9 Å². The zero-order valence-electron chi connectivity index (χ0n) is 35.0. The van der Waals surface area contributed by atoms with Gasteiger partial charge in [-0.1, -0.05) is 71.4 Å². The van der Waals surface area contributed by atoms with Gasteiger partial charge in [-0.2, -0.15) is 0 Å². The van der Waals surface area contributed by atoms with Crippen molar-refractivity contribution in [1.29, 1.82) is 0 Å². The minimum atomic E-state index is -1.35. The molecule has 3 N–H and O–H groups in total. The number of methoxy groups -OCH3 is 3. The van der Waals surface area contributed by atoms with Gasteiger partial charge in [0, 0.05) is 39.4 Å². The van der Waals surface area contributed by atoms with E-state index in [-0.39, 0.29) is 48.1 Å². The molecule has 1 saturated heterocycles. The normalized spacial score (nSPS) is 18.2. The van der Waals surface area contributed by atoms with E-state index in [1.54, 1.807) is 30.2 Å². The Bertz CT molecular complexity index is 1570. The van der Waals surface area contributed by atoms with Gasteiger partial charge in [0.05, 0.1) is 49.8 Å². The lowest BCUT2D eigenvalue weighted by molar-refractivity contribution is -0.148. The molecule has 3 rings (SSSR count). The fraction of sp³-hybridized carbons (Fsp3) is 0.659. The first-order valence-electron chi connectivity index (χ1n) is 19.5. The molecule has 1 aromatic carbocycles. The van der Waals surface area contributed by atoms with Crippen LogP contribution in [0, 0.1) is 17.8 Å². The number of carbonyl (C=O) groups excluding carboxylic acids is 5. The number of ether oxygens (including phenoxy) is 3. The quantitative estimate of drug-likeness (QED) is 0.171. The van der Waals surface area contributed by atoms with E-state index in [2.05, 4.69) is 25.7 Å². The zero-order chi connectivity index (χ0) is 41.7. The fourth-order valence-electron chi connectivity index (χ4n) is 7.48. The van der Waals surface area contributed by atoms with E-state index in [0.29, 0.717) is 25.8 Å². The van der Waals surface area contributed by atoms with Gasteiger partial charge in [0.25, 0.3) is 0 Å². The van der Waals surface area contributed by atoms with E-state index < -0.39 is 47.7 Å². The van der Waals surface area contributed by atoms with Crippen LogP contribution in [-0.2, 0) is 39.8 Å². The Morgan fingerprint density at radius 1 is 1.02 bits per heavy atom. The van der Waals surface area contributed by atoms with Crippen molar-refractivity contribution in [3.05, 3.63) is 52.5 Å². The highest BCUT2D eigenvalue weighted by atomic mass is 32.1. The fourth-order valence-corrected chi connectivity index (χ4v) is 8.17. The molecule has 312 valence electrons. The maximum absolute atomic E-state index is 14.3. The minimum absolute atomic E-state index is 0.00534. The van der Waals surface area contributed by atoms with Crippen molar-refractivity contribution in [2.24, 2.45) is 17.8 Å². The highest BCUT2D eigenvalue weighted by Crippen LogP contribution is 2.30. The van der Waals surface area contributed by atoms with Crippen LogP contribution in [-0.4, -0.2) is 115 Å². The lowest BCUT2D eigenvalue weighted by Gasteiger charge is -2.41. The Morgan fingerprint density at radius 2 is 1.70 bits per heavy atom. The van der Waals surface area contributed by atoms with Gasteiger partial charge in [0.15, 0.2) is 0 Å². The Labute approximate surface area is 336 Å². The summed E-state index contributed by atoms with van der Waals surface area (Å²) < 4.78 is 16.7. The molecule has 0 bridgehead atoms. The summed E-state index contributed by atoms with van der Waals surface area (Å²) in [5.74, 6) is -2.19. The number of amides is 5. The molecule has 14 nitrogen and oxygen atoms in total. The number of aromatic nitrogens is 1. The molecule has 0 unspecified atom stereocenters. The smallest absolute Gasteiger partial charge is 0.407 e. The molecular weight excluding hydrogens is 737 g/mol. The summed E-state index contributed by atoms with van der Waals surface area (Å²) in [5, 5.41) is 11.3. The number of rotatable bonds is 20. The molecule has 56 heavy (non-hydrogen) atoms. The molecule has 15 heteroatoms. The second kappa shape index (κ2) is 21.4. The third kappa shape index (κ3) is 12.0. The van der Waals surface area contributed by atoms with Crippen molar-refractivity contribution < 1.29 is 38.2 Å². The molecular formula is C41H64N6O8S. The Hall–Kier alpha value is -4.08. The molecule has 8 atom stereocenters. The molecule has 1 aromatic heterocycles. The number of benzene rings is 1. The van der Waals surface area contributed by atoms with E-state index in [1.165, 1.54) is 39.4 Å². The van der Waals surface area contributed by atoms with Crippen molar-refractivity contribution in [1.82, 2.24) is 30.7 Å². The summed E-state index contributed by atoms with van der Waals surface area (Å²) in [6, 6.07) is 7.84. The van der Waals surface area contributed by atoms with Crippen LogP contribution in [0.5, 0.6) is 0 Å². The standard InChI is InChI=1S/C41H64N6O8S/c1-12-26(4)34(46(8)38(50)33(25(2)3)44-39(51)41(6,7)45-40(52)55-11)31(53-9)24-32(48)47-21-16-19-30(47)35(54-10)27(5)36(49)43-29(37-42-20-22-56-37)23-28-17-14-13-15-18-28/h13-15,17-18,20,22,25-27,29-31,33-35H,12,16,19,21,23-24H2,1-11H3,(H,43,49)(H,44,51)(H,45,52)/t26-,27+,29-,30-,31+,33-,34-,35+/m0/s1. The zero-order valence-corrected chi connectivity index (χ0v) is 35.8. The van der Waals surface area contributed by atoms with E-state index in [4.69, 9.17) is 9.47 Å². The van der Waals surface area contributed by atoms with Gasteiger partial charge in [-0.05, 0) is 50.5 Å². The Morgan fingerprint density at radius 3 is 2.25 bits per heavy atom. The molecule has 0 aliphatic carbocycles. The summed E-state index contributed by atoms with van der Waals surface area (Å²) >= 11 is 1.49. The van der Waals surface area contributed by atoms with Gasteiger partial charge < -0.3 is 40.0 Å². The van der Waals surface area contributed by atoms with Gasteiger partial charge in [-0.3, -0.25) is 19.2 Å². The van der Waals surface area contributed by atoms with Gasteiger partial charge in [0.1, 0.15) is 16.6 Å². The average molecular weight is 801 g/mol. The Kier molecular flexibility index (Phi) is 17.7. The predicted molar refractivity (Wildman–Crippen MR) is 216 cm³/mol. The molecule has 1 aliphatic rings. The monoisotopic (exact) mass is 800 g/mol. The van der Waals surface area contributed by atoms with Crippen molar-refractivity contribution in [2.45, 2.75) is 122 Å². The van der Waals surface area contributed by atoms with Crippen molar-refractivity contribution in [3.8, 4) is 0 Å². The average Bonchev–Trinajstić information content (AvgIpc) is 3.90. The van der Waals surface area contributed by atoms with Crippen LogP contribution in [0.1, 0.15) is 90.8 Å². The van der Waals surface area contributed by atoms with Gasteiger partial charge in [0.2, 0.25) is 23.6 Å². The summed E-state index contributed by atoms with van der Waals surface area (Å²) in [4.78, 5) is 75.5. The lowest BCUT2D eigenvalue weighted by atomic mass is 9.89. The van der Waals surface area contributed by atoms with E-state index in [1.807, 2.05) is 70.3 Å². The first kappa shape index (κ1) is 46.3. The number of likely N-dealkylation sites (tertiary alicyclic amines) is 1. The highest BCUT2D eigenvalue weighted by Gasteiger charge is 2.43. The maximum Gasteiger partial charge on any atom is 0.407 e. The molecule has 2 aromatic rings. The molecule has 2 heterocycles. The van der Waals surface area contributed by atoms with Crippen molar-refractivity contribution in [3.63, 3.8) is 0 Å². The number of nitrogens with zero attached hydrogens (tertiary/aromatic N) is 3. The SMILES string of the molecule is CC[C@H](C)[C@@H]([C@@H](CC(=O)N1CCC[C@H]1[C@H](OC)[C@@H](C)C(=O)N[C@@H](Cc1ccccc1)c1nccs1)OC)N(C)C(=O)[C@@H](NC(=O)C(C)(C)NC(=O)OC)C(C)C. The molecule has 1 aliphatic heterocycles. The molecule has 0 radical (unpaired) electrons. The van der Waals surface area contributed by atoms with Crippen molar-refractivity contribution in [2.75, 3.05) is 34.9 Å². The third-order valence-corrected chi connectivity index (χ3v) is 11.9. The van der Waals surface area contributed by atoms with Gasteiger partial charge >= 0.3 is 6.09 Å². The van der Waals surface area contributed by atoms with Crippen LogP contribution >= 0.6 is 11.3 Å². The van der Waals surface area contributed by atoms with Crippen LogP contribution in [0.2, 0.25) is 0 Å². The number of alkyl carbamates (subject to hydrolysis) is 1. The largest absolute Gasteiger partial charge is 0.453 e. The summed E-state index contributed by atoms with van der Waals surface area (Å²) in [6.07, 6.45) is 2.41. The first-order chi connectivity index (χ1) is 26.5. The summed E-state index contributed by atoms with van der Waals surface area (Å²) in [6.45, 7) is 13.1. The number of thiazole rings is 1. The number of carbonyl (C=O) groups is 5. The maximum atomic E-state index is 14.3. The van der Waals surface area contributed by atoms with Crippen molar-refractivity contribution >= 4 is 41.1 Å². The topological polar surface area (TPSA) is 168 Å². The number of likely N-dealkylation sites (N-methyl/N-ethyl adjacent to an activating group) is 1. The number of nitrogens with one attached hydrogen (secondary N) is 3. The molecule has 1 fully saturated rings. The van der Waals surface area contributed by atoms with Gasteiger partial charge in [-0.25, -0.2) is 9.78 Å². The van der Waals surface area contributed by atoms with E-state index in [9.17, 15) is 24.0 Å². The first-order valence-corrected chi connectivity index (χ1v) is 20.4. The molecule has 0 spiro atoms. The van der Waals surface area contributed by atoms with Crippen LogP contribution in [0.4, 0.5) is 4.79 Å².